The molecule has 2 aromatic carbocycles. The number of hydrogen-bond acceptors (Lipinski definition) is 4. The Morgan fingerprint density at radius 3 is 2.70 bits per heavy atom. The van der Waals surface area contributed by atoms with Crippen molar-refractivity contribution in [1.82, 2.24) is 10.6 Å². The van der Waals surface area contributed by atoms with E-state index < -0.39 is 30.0 Å². The van der Waals surface area contributed by atoms with Crippen molar-refractivity contribution in [3.8, 4) is 0 Å². The molecule has 2 atom stereocenters. The Morgan fingerprint density at radius 2 is 2.07 bits per heavy atom. The van der Waals surface area contributed by atoms with Crippen molar-refractivity contribution in [2.45, 2.75) is 26.0 Å². The van der Waals surface area contributed by atoms with Gasteiger partial charge >= 0.3 is 12.1 Å². The Kier molecular flexibility index (Phi) is 6.23. The van der Waals surface area contributed by atoms with Crippen LogP contribution in [0.4, 0.5) is 25.4 Å². The molecule has 0 spiro atoms. The number of aliphatic hydroxyl groups is 1. The third kappa shape index (κ3) is 4.37. The van der Waals surface area contributed by atoms with Crippen LogP contribution in [0.25, 0.3) is 0 Å². The number of carbonyl (C=O) groups excluding carboxylic acids is 3. The van der Waals surface area contributed by atoms with Gasteiger partial charge in [-0.05, 0) is 49.2 Å². The molecule has 1 saturated heterocycles. The number of nitrogens with zero attached hydrogens (tertiary/aromatic N) is 1. The van der Waals surface area contributed by atoms with Crippen LogP contribution in [0.1, 0.15) is 24.2 Å². The van der Waals surface area contributed by atoms with E-state index in [1.54, 1.807) is 32.0 Å². The number of benzene rings is 2. The molecule has 1 fully saturated rings. The number of carbonyl (C=O) groups is 3. The SMILES string of the molecule is Cc1c(NC(=O)NC[C@H](O)c2ccc(Cl)c(F)c2)cccc1N1C(=O)N[C@@H](C)C1=O. The zero-order chi connectivity index (χ0) is 22.0. The molecule has 8 nitrogen and oxygen atoms in total. The van der Waals surface area contributed by atoms with E-state index in [0.29, 0.717) is 16.9 Å². The Labute approximate surface area is 177 Å². The quantitative estimate of drug-likeness (QED) is 0.542. The number of aliphatic hydroxyl groups excluding tert-OH is 1. The lowest BCUT2D eigenvalue weighted by atomic mass is 10.1. The summed E-state index contributed by atoms with van der Waals surface area (Å²) in [6.07, 6.45) is -1.14. The van der Waals surface area contributed by atoms with Gasteiger partial charge in [0.1, 0.15) is 11.9 Å². The maximum absolute atomic E-state index is 13.5. The molecule has 0 radical (unpaired) electrons. The number of nitrogens with one attached hydrogen (secondary N) is 3. The van der Waals surface area contributed by atoms with Crippen LogP contribution in [0.2, 0.25) is 5.02 Å². The third-order valence-corrected chi connectivity index (χ3v) is 5.02. The van der Waals surface area contributed by atoms with E-state index in [9.17, 15) is 23.9 Å². The summed E-state index contributed by atoms with van der Waals surface area (Å²) in [7, 11) is 0. The van der Waals surface area contributed by atoms with Gasteiger partial charge in [0.05, 0.1) is 16.8 Å². The minimum atomic E-state index is -1.14. The van der Waals surface area contributed by atoms with Crippen molar-refractivity contribution in [1.29, 1.82) is 0 Å². The summed E-state index contributed by atoms with van der Waals surface area (Å²) in [6.45, 7) is 3.08. The Hall–Kier alpha value is -3.17. The summed E-state index contributed by atoms with van der Waals surface area (Å²) >= 11 is 5.62. The van der Waals surface area contributed by atoms with Crippen LogP contribution in [-0.2, 0) is 4.79 Å². The minimum absolute atomic E-state index is 0.0634. The number of imide groups is 1. The predicted octanol–water partition coefficient (Wildman–Crippen LogP) is 3.09. The number of halogens is 2. The van der Waals surface area contributed by atoms with Crippen LogP contribution in [0, 0.1) is 12.7 Å². The standard InChI is InChI=1S/C20H20ClFN4O4/c1-10-15(4-3-5-16(10)26-18(28)11(2)24-20(26)30)25-19(29)23-9-17(27)12-6-7-13(21)14(22)8-12/h3-8,11,17,27H,9H2,1-2H3,(H,24,30)(H2,23,25,29)/t11-,17-/m0/s1. The molecule has 158 valence electrons. The average Bonchev–Trinajstić information content (AvgIpc) is 2.95. The van der Waals surface area contributed by atoms with E-state index in [0.717, 1.165) is 11.0 Å². The summed E-state index contributed by atoms with van der Waals surface area (Å²) in [5.41, 5.74) is 1.53. The first-order valence-electron chi connectivity index (χ1n) is 9.11. The van der Waals surface area contributed by atoms with Gasteiger partial charge in [-0.1, -0.05) is 23.7 Å². The molecule has 0 bridgehead atoms. The van der Waals surface area contributed by atoms with Crippen molar-refractivity contribution >= 4 is 40.9 Å². The van der Waals surface area contributed by atoms with Crippen LogP contribution in [-0.4, -0.2) is 35.7 Å². The van der Waals surface area contributed by atoms with E-state index in [-0.39, 0.29) is 23.0 Å². The molecule has 4 N–H and O–H groups in total. The smallest absolute Gasteiger partial charge is 0.329 e. The van der Waals surface area contributed by atoms with Crippen LogP contribution < -0.4 is 20.9 Å². The van der Waals surface area contributed by atoms with Gasteiger partial charge in [-0.3, -0.25) is 4.79 Å². The molecule has 0 aromatic heterocycles. The molecular formula is C20H20ClFN4O4. The molecule has 1 aliphatic rings. The first-order chi connectivity index (χ1) is 14.2. The van der Waals surface area contributed by atoms with Crippen molar-refractivity contribution in [2.75, 3.05) is 16.8 Å². The van der Waals surface area contributed by atoms with Crippen molar-refractivity contribution < 1.29 is 23.9 Å². The van der Waals surface area contributed by atoms with Gasteiger partial charge in [-0.2, -0.15) is 0 Å². The highest BCUT2D eigenvalue weighted by Crippen LogP contribution is 2.29. The number of amides is 5. The van der Waals surface area contributed by atoms with Gasteiger partial charge in [0.15, 0.2) is 0 Å². The fourth-order valence-electron chi connectivity index (χ4n) is 3.03. The van der Waals surface area contributed by atoms with E-state index in [1.165, 1.54) is 12.1 Å². The zero-order valence-electron chi connectivity index (χ0n) is 16.2. The van der Waals surface area contributed by atoms with Gasteiger partial charge in [0, 0.05) is 12.2 Å². The first-order valence-corrected chi connectivity index (χ1v) is 9.48. The van der Waals surface area contributed by atoms with Crippen LogP contribution >= 0.6 is 11.6 Å². The van der Waals surface area contributed by atoms with Crippen molar-refractivity contribution in [3.63, 3.8) is 0 Å². The number of anilines is 2. The summed E-state index contributed by atoms with van der Waals surface area (Å²) in [4.78, 5) is 37.6. The molecule has 5 amide bonds. The highest BCUT2D eigenvalue weighted by Gasteiger charge is 2.37. The average molecular weight is 435 g/mol. The van der Waals surface area contributed by atoms with E-state index in [4.69, 9.17) is 11.6 Å². The largest absolute Gasteiger partial charge is 0.387 e. The monoisotopic (exact) mass is 434 g/mol. The highest BCUT2D eigenvalue weighted by molar-refractivity contribution is 6.30. The third-order valence-electron chi connectivity index (χ3n) is 4.71. The number of urea groups is 2. The molecule has 3 rings (SSSR count). The number of rotatable bonds is 5. The summed E-state index contributed by atoms with van der Waals surface area (Å²) in [5, 5.41) is 17.7. The molecule has 1 aliphatic heterocycles. The Balaban J connectivity index is 1.66. The zero-order valence-corrected chi connectivity index (χ0v) is 17.0. The summed E-state index contributed by atoms with van der Waals surface area (Å²) in [6, 6.07) is 6.92. The van der Waals surface area contributed by atoms with E-state index >= 15 is 0 Å². The number of hydrogen-bond donors (Lipinski definition) is 4. The van der Waals surface area contributed by atoms with Crippen LogP contribution in [0.5, 0.6) is 0 Å². The van der Waals surface area contributed by atoms with E-state index in [1.807, 2.05) is 0 Å². The topological polar surface area (TPSA) is 111 Å². The Bertz CT molecular complexity index is 1020. The maximum Gasteiger partial charge on any atom is 0.329 e. The lowest BCUT2D eigenvalue weighted by Gasteiger charge is -2.19. The van der Waals surface area contributed by atoms with E-state index in [2.05, 4.69) is 16.0 Å². The summed E-state index contributed by atoms with van der Waals surface area (Å²) < 4.78 is 13.5. The molecule has 0 aliphatic carbocycles. The Morgan fingerprint density at radius 1 is 1.33 bits per heavy atom. The molecule has 30 heavy (non-hydrogen) atoms. The second-order valence-corrected chi connectivity index (χ2v) is 7.23. The first kappa shape index (κ1) is 21.5. The van der Waals surface area contributed by atoms with Crippen LogP contribution in [0.15, 0.2) is 36.4 Å². The maximum atomic E-state index is 13.5. The minimum Gasteiger partial charge on any atom is -0.387 e. The van der Waals surface area contributed by atoms with Gasteiger partial charge < -0.3 is 21.1 Å². The lowest BCUT2D eigenvalue weighted by Crippen LogP contribution is -2.33. The second-order valence-electron chi connectivity index (χ2n) is 6.82. The van der Waals surface area contributed by atoms with Gasteiger partial charge in [0.2, 0.25) is 0 Å². The highest BCUT2D eigenvalue weighted by atomic mass is 35.5. The molecule has 0 saturated carbocycles. The second kappa shape index (κ2) is 8.68. The fourth-order valence-corrected chi connectivity index (χ4v) is 3.15. The van der Waals surface area contributed by atoms with Crippen molar-refractivity contribution in [3.05, 3.63) is 58.4 Å². The van der Waals surface area contributed by atoms with Gasteiger partial charge in [-0.15, -0.1) is 0 Å². The van der Waals surface area contributed by atoms with Gasteiger partial charge in [-0.25, -0.2) is 18.9 Å². The van der Waals surface area contributed by atoms with Crippen molar-refractivity contribution in [2.24, 2.45) is 0 Å². The fraction of sp³-hybridized carbons (Fsp3) is 0.250. The normalized spacial score (nSPS) is 17.0. The van der Waals surface area contributed by atoms with Gasteiger partial charge in [0.25, 0.3) is 5.91 Å². The van der Waals surface area contributed by atoms with Crippen LogP contribution in [0.3, 0.4) is 0 Å². The lowest BCUT2D eigenvalue weighted by molar-refractivity contribution is -0.117. The molecular weight excluding hydrogens is 415 g/mol. The molecule has 0 unspecified atom stereocenters. The molecule has 1 heterocycles. The summed E-state index contributed by atoms with van der Waals surface area (Å²) in [5.74, 6) is -1.05. The molecule has 2 aromatic rings. The predicted molar refractivity (Wildman–Crippen MR) is 110 cm³/mol. The molecule has 10 heteroatoms.